The summed E-state index contributed by atoms with van der Waals surface area (Å²) in [6, 6.07) is 10.8. The highest BCUT2D eigenvalue weighted by atomic mass is 35.5. The van der Waals surface area contributed by atoms with E-state index in [2.05, 4.69) is 43.5 Å². The minimum atomic E-state index is -3.37. The van der Waals surface area contributed by atoms with E-state index in [0.29, 0.717) is 22.8 Å². The van der Waals surface area contributed by atoms with Crippen molar-refractivity contribution in [2.24, 2.45) is 0 Å². The second-order valence-corrected chi connectivity index (χ2v) is 11.9. The number of halogens is 2. The minimum Gasteiger partial charge on any atom is -0.353 e. The number of hydrogen-bond donors (Lipinski definition) is 1. The van der Waals surface area contributed by atoms with Gasteiger partial charge in [0, 0.05) is 43.3 Å². The molecular formula is C24H33Cl2N5O2S. The van der Waals surface area contributed by atoms with Crippen LogP contribution in [-0.2, 0) is 16.6 Å². The zero-order valence-electron chi connectivity index (χ0n) is 19.8. The molecule has 0 spiro atoms. The Bertz CT molecular complexity index is 1080. The molecule has 1 atom stereocenters. The maximum absolute atomic E-state index is 11.5. The number of anilines is 2. The predicted octanol–water partition coefficient (Wildman–Crippen LogP) is 4.33. The van der Waals surface area contributed by atoms with E-state index in [-0.39, 0.29) is 0 Å². The summed E-state index contributed by atoms with van der Waals surface area (Å²) < 4.78 is 25.4. The molecule has 2 fully saturated rings. The summed E-state index contributed by atoms with van der Waals surface area (Å²) in [4.78, 5) is 11.9. The normalized spacial score (nSPS) is 21.1. The maximum atomic E-state index is 11.5. The van der Waals surface area contributed by atoms with Gasteiger partial charge in [-0.25, -0.2) is 13.4 Å². The monoisotopic (exact) mass is 525 g/mol. The highest BCUT2D eigenvalue weighted by Crippen LogP contribution is 2.31. The Kier molecular flexibility index (Phi) is 8.25. The van der Waals surface area contributed by atoms with E-state index in [1.54, 1.807) is 6.07 Å². The fourth-order valence-corrected chi connectivity index (χ4v) is 6.05. The molecule has 0 radical (unpaired) electrons. The number of aromatic nitrogens is 1. The zero-order valence-corrected chi connectivity index (χ0v) is 22.1. The number of rotatable bonds is 7. The fourth-order valence-electron chi connectivity index (χ4n) is 5.10. The molecule has 0 bridgehead atoms. The van der Waals surface area contributed by atoms with Crippen LogP contribution < -0.4 is 9.62 Å². The minimum absolute atomic E-state index is 0.382. The highest BCUT2D eigenvalue weighted by Gasteiger charge is 2.34. The van der Waals surface area contributed by atoms with Crippen molar-refractivity contribution < 1.29 is 8.42 Å². The van der Waals surface area contributed by atoms with Crippen molar-refractivity contribution in [3.05, 3.63) is 52.1 Å². The van der Waals surface area contributed by atoms with Crippen molar-refractivity contribution in [1.82, 2.24) is 14.8 Å². The van der Waals surface area contributed by atoms with E-state index in [1.807, 2.05) is 12.1 Å². The number of benzene rings is 1. The van der Waals surface area contributed by atoms with Crippen LogP contribution in [0.5, 0.6) is 0 Å². The standard InChI is InChI=1S/C24H33Cl2N5O2S/c1-3-21-17-30(24-23(26)14-20(15-27-24)28-34(2,32)33)12-13-31(21)22-8-10-29(11-9-22)16-18-4-6-19(25)7-5-18/h4-7,14-15,21-22,28H,3,8-13,16-17H2,1-2H3. The molecule has 4 rings (SSSR count). The molecular weight excluding hydrogens is 493 g/mol. The summed E-state index contributed by atoms with van der Waals surface area (Å²) in [5.74, 6) is 0.719. The molecule has 2 saturated heterocycles. The number of nitrogens with zero attached hydrogens (tertiary/aromatic N) is 4. The van der Waals surface area contributed by atoms with E-state index in [1.165, 1.54) is 24.6 Å². The molecule has 0 saturated carbocycles. The van der Waals surface area contributed by atoms with Gasteiger partial charge in [-0.15, -0.1) is 0 Å². The number of piperidine rings is 1. The predicted molar refractivity (Wildman–Crippen MR) is 140 cm³/mol. The Labute approximate surface area is 213 Å². The summed E-state index contributed by atoms with van der Waals surface area (Å²) in [6.07, 6.45) is 6.06. The number of sulfonamides is 1. The molecule has 2 aliphatic rings. The molecule has 2 aliphatic heterocycles. The Morgan fingerprint density at radius 2 is 1.79 bits per heavy atom. The van der Waals surface area contributed by atoms with Gasteiger partial charge in [-0.05, 0) is 56.1 Å². The lowest BCUT2D eigenvalue weighted by Gasteiger charge is -2.47. The molecule has 3 heterocycles. The highest BCUT2D eigenvalue weighted by molar-refractivity contribution is 7.92. The molecule has 1 aromatic heterocycles. The van der Waals surface area contributed by atoms with Crippen molar-refractivity contribution >= 4 is 44.7 Å². The van der Waals surface area contributed by atoms with Gasteiger partial charge in [-0.3, -0.25) is 14.5 Å². The van der Waals surface area contributed by atoms with Gasteiger partial charge in [0.05, 0.1) is 23.2 Å². The largest absolute Gasteiger partial charge is 0.353 e. The molecule has 1 aromatic carbocycles. The summed E-state index contributed by atoms with van der Waals surface area (Å²) in [6.45, 7) is 8.12. The molecule has 186 valence electrons. The van der Waals surface area contributed by atoms with Crippen molar-refractivity contribution in [3.63, 3.8) is 0 Å². The van der Waals surface area contributed by atoms with Crippen molar-refractivity contribution in [3.8, 4) is 0 Å². The average molecular weight is 527 g/mol. The van der Waals surface area contributed by atoms with E-state index in [9.17, 15) is 8.42 Å². The van der Waals surface area contributed by atoms with Crippen LogP contribution in [0.4, 0.5) is 11.5 Å². The van der Waals surface area contributed by atoms with Gasteiger partial charge in [-0.1, -0.05) is 42.3 Å². The Morgan fingerprint density at radius 3 is 2.41 bits per heavy atom. The van der Waals surface area contributed by atoms with Crippen LogP contribution in [0.3, 0.4) is 0 Å². The van der Waals surface area contributed by atoms with Gasteiger partial charge in [0.2, 0.25) is 10.0 Å². The summed E-state index contributed by atoms with van der Waals surface area (Å²) in [5.41, 5.74) is 1.69. The lowest BCUT2D eigenvalue weighted by molar-refractivity contribution is 0.0610. The van der Waals surface area contributed by atoms with Gasteiger partial charge < -0.3 is 4.90 Å². The maximum Gasteiger partial charge on any atom is 0.229 e. The third-order valence-electron chi connectivity index (χ3n) is 6.77. The van der Waals surface area contributed by atoms with Gasteiger partial charge in [0.15, 0.2) is 0 Å². The fraction of sp³-hybridized carbons (Fsp3) is 0.542. The average Bonchev–Trinajstić information content (AvgIpc) is 2.80. The number of nitrogens with one attached hydrogen (secondary N) is 1. The van der Waals surface area contributed by atoms with Gasteiger partial charge in [0.25, 0.3) is 0 Å². The van der Waals surface area contributed by atoms with E-state index in [4.69, 9.17) is 23.2 Å². The van der Waals surface area contributed by atoms with Crippen molar-refractivity contribution in [2.45, 2.75) is 44.8 Å². The van der Waals surface area contributed by atoms with Gasteiger partial charge in [0.1, 0.15) is 5.82 Å². The number of pyridine rings is 1. The lowest BCUT2D eigenvalue weighted by atomic mass is 9.98. The molecule has 34 heavy (non-hydrogen) atoms. The van der Waals surface area contributed by atoms with Crippen molar-refractivity contribution in [1.29, 1.82) is 0 Å². The molecule has 0 amide bonds. The first kappa shape index (κ1) is 25.5. The lowest BCUT2D eigenvalue weighted by Crippen LogP contribution is -2.58. The van der Waals surface area contributed by atoms with Gasteiger partial charge in [-0.2, -0.15) is 0 Å². The molecule has 1 unspecified atom stereocenters. The molecule has 0 aliphatic carbocycles. The third-order valence-corrected chi connectivity index (χ3v) is 7.91. The molecule has 1 N–H and O–H groups in total. The first-order chi connectivity index (χ1) is 16.2. The Balaban J connectivity index is 1.34. The molecule has 7 nitrogen and oxygen atoms in total. The van der Waals surface area contributed by atoms with Crippen LogP contribution in [0.25, 0.3) is 0 Å². The quantitative estimate of drug-likeness (QED) is 0.580. The second-order valence-electron chi connectivity index (χ2n) is 9.28. The molecule has 2 aromatic rings. The van der Waals surface area contributed by atoms with Crippen LogP contribution in [0.1, 0.15) is 31.7 Å². The van der Waals surface area contributed by atoms with Crippen LogP contribution in [-0.4, -0.2) is 74.3 Å². The topological polar surface area (TPSA) is 68.8 Å². The van der Waals surface area contributed by atoms with Crippen molar-refractivity contribution in [2.75, 3.05) is 48.6 Å². The first-order valence-corrected chi connectivity index (χ1v) is 14.5. The van der Waals surface area contributed by atoms with Crippen LogP contribution in [0.15, 0.2) is 36.5 Å². The van der Waals surface area contributed by atoms with Gasteiger partial charge >= 0.3 is 0 Å². The van der Waals surface area contributed by atoms with E-state index < -0.39 is 10.0 Å². The summed E-state index contributed by atoms with van der Waals surface area (Å²) >= 11 is 12.5. The Hall–Kier alpha value is -1.58. The number of piperazine rings is 1. The second kappa shape index (κ2) is 11.0. The first-order valence-electron chi connectivity index (χ1n) is 11.8. The van der Waals surface area contributed by atoms with E-state index in [0.717, 1.165) is 62.8 Å². The third kappa shape index (κ3) is 6.55. The zero-order chi connectivity index (χ0) is 24.3. The van der Waals surface area contributed by atoms with Crippen LogP contribution in [0.2, 0.25) is 10.0 Å². The number of likely N-dealkylation sites (tertiary alicyclic amines) is 1. The summed E-state index contributed by atoms with van der Waals surface area (Å²) in [5, 5.41) is 1.25. The van der Waals surface area contributed by atoms with Crippen LogP contribution in [0, 0.1) is 0 Å². The number of hydrogen-bond acceptors (Lipinski definition) is 6. The smallest absolute Gasteiger partial charge is 0.229 e. The van der Waals surface area contributed by atoms with E-state index >= 15 is 0 Å². The van der Waals surface area contributed by atoms with Crippen LogP contribution >= 0.6 is 23.2 Å². The molecule has 10 heteroatoms. The SMILES string of the molecule is CCC1CN(c2ncc(NS(C)(=O)=O)cc2Cl)CCN1C1CCN(Cc2ccc(Cl)cc2)CC1. The summed E-state index contributed by atoms with van der Waals surface area (Å²) in [7, 11) is -3.37. The Morgan fingerprint density at radius 1 is 1.09 bits per heavy atom.